The summed E-state index contributed by atoms with van der Waals surface area (Å²) in [6.07, 6.45) is 3.38. The van der Waals surface area contributed by atoms with Crippen LogP contribution in [0.1, 0.15) is 40.0 Å². The van der Waals surface area contributed by atoms with Gasteiger partial charge in [0.05, 0.1) is 5.60 Å². The highest BCUT2D eigenvalue weighted by Crippen LogP contribution is 2.19. The summed E-state index contributed by atoms with van der Waals surface area (Å²) in [5.41, 5.74) is -0.505. The first-order valence-corrected chi connectivity index (χ1v) is 6.73. The lowest BCUT2D eigenvalue weighted by Crippen LogP contribution is -2.45. The maximum atomic E-state index is 10.0. The number of rotatable bonds is 6. The molecule has 0 aromatic heterocycles. The highest BCUT2D eigenvalue weighted by molar-refractivity contribution is 4.80. The highest BCUT2D eigenvalue weighted by Gasteiger charge is 2.25. The third kappa shape index (κ3) is 4.81. The van der Waals surface area contributed by atoms with Crippen LogP contribution in [0.15, 0.2) is 0 Å². The van der Waals surface area contributed by atoms with Crippen LogP contribution in [0.2, 0.25) is 0 Å². The van der Waals surface area contributed by atoms with Crippen molar-refractivity contribution in [2.75, 3.05) is 32.7 Å². The second-order valence-electron chi connectivity index (χ2n) is 5.38. The van der Waals surface area contributed by atoms with E-state index in [0.717, 1.165) is 45.1 Å². The molecule has 0 aromatic carbocycles. The van der Waals surface area contributed by atoms with E-state index in [1.165, 1.54) is 12.8 Å². The molecule has 0 saturated carbocycles. The third-order valence-electron chi connectivity index (χ3n) is 3.72. The van der Waals surface area contributed by atoms with Gasteiger partial charge in [-0.1, -0.05) is 13.8 Å². The Morgan fingerprint density at radius 2 is 1.94 bits per heavy atom. The molecule has 1 aliphatic rings. The Labute approximate surface area is 100 Å². The molecule has 1 unspecified atom stereocenters. The number of aliphatic hydroxyl groups is 1. The summed E-state index contributed by atoms with van der Waals surface area (Å²) in [6.45, 7) is 11.5. The number of nitrogens with one attached hydrogen (secondary N) is 1. The van der Waals surface area contributed by atoms with E-state index in [4.69, 9.17) is 0 Å². The summed E-state index contributed by atoms with van der Waals surface area (Å²) in [6, 6.07) is 0. The fourth-order valence-electron chi connectivity index (χ4n) is 2.29. The van der Waals surface area contributed by atoms with Gasteiger partial charge in [-0.25, -0.2) is 0 Å². The van der Waals surface area contributed by atoms with E-state index in [2.05, 4.69) is 24.1 Å². The Hall–Kier alpha value is -0.120. The van der Waals surface area contributed by atoms with Gasteiger partial charge in [-0.3, -0.25) is 0 Å². The van der Waals surface area contributed by atoms with E-state index in [9.17, 15) is 5.11 Å². The first-order valence-electron chi connectivity index (χ1n) is 6.73. The summed E-state index contributed by atoms with van der Waals surface area (Å²) in [5, 5.41) is 13.5. The molecule has 0 amide bonds. The maximum Gasteiger partial charge on any atom is 0.0743 e. The molecule has 1 atom stereocenters. The Bertz CT molecular complexity index is 186. The van der Waals surface area contributed by atoms with E-state index in [-0.39, 0.29) is 0 Å². The van der Waals surface area contributed by atoms with Gasteiger partial charge in [0.25, 0.3) is 0 Å². The minimum absolute atomic E-state index is 0.505. The Morgan fingerprint density at radius 1 is 1.31 bits per heavy atom. The van der Waals surface area contributed by atoms with Gasteiger partial charge in [-0.2, -0.15) is 0 Å². The number of nitrogens with zero attached hydrogens (tertiary/aromatic N) is 1. The lowest BCUT2D eigenvalue weighted by Gasteiger charge is -2.36. The van der Waals surface area contributed by atoms with Gasteiger partial charge in [-0.15, -0.1) is 0 Å². The number of hydrogen-bond acceptors (Lipinski definition) is 3. The van der Waals surface area contributed by atoms with Crippen LogP contribution >= 0.6 is 0 Å². The van der Waals surface area contributed by atoms with E-state index >= 15 is 0 Å². The molecule has 3 heteroatoms. The molecule has 1 saturated heterocycles. The largest absolute Gasteiger partial charge is 0.389 e. The van der Waals surface area contributed by atoms with Crippen LogP contribution < -0.4 is 5.32 Å². The number of likely N-dealkylation sites (tertiary alicyclic amines) is 1. The van der Waals surface area contributed by atoms with Gasteiger partial charge in [-0.05, 0) is 58.3 Å². The SMILES string of the molecule is CCNCC1CCN(CC(C)(O)CC)CC1. The van der Waals surface area contributed by atoms with Gasteiger partial charge in [0.1, 0.15) is 0 Å². The van der Waals surface area contributed by atoms with Gasteiger partial charge >= 0.3 is 0 Å². The van der Waals surface area contributed by atoms with Crippen molar-refractivity contribution < 1.29 is 5.11 Å². The van der Waals surface area contributed by atoms with E-state index in [0.29, 0.717) is 0 Å². The molecule has 0 aromatic rings. The number of piperidine rings is 1. The van der Waals surface area contributed by atoms with Crippen LogP contribution in [-0.2, 0) is 0 Å². The van der Waals surface area contributed by atoms with Gasteiger partial charge in [0, 0.05) is 6.54 Å². The number of β-amino-alcohol motifs (C(OH)–C–C–N with tert-alkyl or cyclic N) is 1. The average molecular weight is 228 g/mol. The Kier molecular flexibility index (Phi) is 5.73. The molecule has 1 heterocycles. The molecular weight excluding hydrogens is 200 g/mol. The smallest absolute Gasteiger partial charge is 0.0743 e. The second kappa shape index (κ2) is 6.58. The van der Waals surface area contributed by atoms with Gasteiger partial charge in [0.15, 0.2) is 0 Å². The first-order chi connectivity index (χ1) is 7.57. The minimum Gasteiger partial charge on any atom is -0.389 e. The zero-order chi connectivity index (χ0) is 12.0. The van der Waals surface area contributed by atoms with Crippen molar-refractivity contribution in [2.45, 2.75) is 45.6 Å². The van der Waals surface area contributed by atoms with Gasteiger partial charge < -0.3 is 15.3 Å². The van der Waals surface area contributed by atoms with Gasteiger partial charge in [0.2, 0.25) is 0 Å². The Morgan fingerprint density at radius 3 is 2.44 bits per heavy atom. The molecule has 1 aliphatic heterocycles. The number of hydrogen-bond donors (Lipinski definition) is 2. The van der Waals surface area contributed by atoms with Crippen LogP contribution in [0.5, 0.6) is 0 Å². The summed E-state index contributed by atoms with van der Waals surface area (Å²) in [4.78, 5) is 2.41. The molecule has 3 nitrogen and oxygen atoms in total. The van der Waals surface area contributed by atoms with E-state index in [1.807, 2.05) is 6.92 Å². The molecule has 96 valence electrons. The standard InChI is InChI=1S/C13H28N2O/c1-4-13(3,16)11-15-8-6-12(7-9-15)10-14-5-2/h12,14,16H,4-11H2,1-3H3. The van der Waals surface area contributed by atoms with E-state index < -0.39 is 5.60 Å². The predicted molar refractivity (Wildman–Crippen MR) is 68.6 cm³/mol. The van der Waals surface area contributed by atoms with Crippen LogP contribution in [0.4, 0.5) is 0 Å². The van der Waals surface area contributed by atoms with Crippen LogP contribution in [0.25, 0.3) is 0 Å². The summed E-state index contributed by atoms with van der Waals surface area (Å²) < 4.78 is 0. The fraction of sp³-hybridized carbons (Fsp3) is 1.00. The van der Waals surface area contributed by atoms with E-state index in [1.54, 1.807) is 0 Å². The average Bonchev–Trinajstić information content (AvgIpc) is 2.28. The lowest BCUT2D eigenvalue weighted by atomic mass is 9.94. The fourth-order valence-corrected chi connectivity index (χ4v) is 2.29. The summed E-state index contributed by atoms with van der Waals surface area (Å²) in [5.74, 6) is 0.836. The van der Waals surface area contributed by atoms with Crippen molar-refractivity contribution in [3.8, 4) is 0 Å². The Balaban J connectivity index is 2.21. The molecule has 0 aliphatic carbocycles. The molecule has 1 rings (SSSR count). The highest BCUT2D eigenvalue weighted by atomic mass is 16.3. The quantitative estimate of drug-likeness (QED) is 0.722. The third-order valence-corrected chi connectivity index (χ3v) is 3.72. The molecule has 2 N–H and O–H groups in total. The molecule has 0 bridgehead atoms. The monoisotopic (exact) mass is 228 g/mol. The minimum atomic E-state index is -0.505. The predicted octanol–water partition coefficient (Wildman–Crippen LogP) is 1.47. The molecule has 16 heavy (non-hydrogen) atoms. The molecule has 0 spiro atoms. The maximum absolute atomic E-state index is 10.0. The lowest BCUT2D eigenvalue weighted by molar-refractivity contribution is 0.00667. The summed E-state index contributed by atoms with van der Waals surface area (Å²) >= 11 is 0. The zero-order valence-electron chi connectivity index (χ0n) is 11.1. The zero-order valence-corrected chi connectivity index (χ0v) is 11.1. The topological polar surface area (TPSA) is 35.5 Å². The van der Waals surface area contributed by atoms with Crippen LogP contribution in [0.3, 0.4) is 0 Å². The van der Waals surface area contributed by atoms with Crippen molar-refractivity contribution in [2.24, 2.45) is 5.92 Å². The molecule has 0 radical (unpaired) electrons. The van der Waals surface area contributed by atoms with Crippen molar-refractivity contribution in [1.82, 2.24) is 10.2 Å². The summed E-state index contributed by atoms with van der Waals surface area (Å²) in [7, 11) is 0. The van der Waals surface area contributed by atoms with Crippen molar-refractivity contribution in [1.29, 1.82) is 0 Å². The van der Waals surface area contributed by atoms with Crippen LogP contribution in [-0.4, -0.2) is 48.3 Å². The first kappa shape index (κ1) is 13.9. The van der Waals surface area contributed by atoms with Crippen molar-refractivity contribution >= 4 is 0 Å². The molecule has 1 fully saturated rings. The molecular formula is C13H28N2O. The van der Waals surface area contributed by atoms with Crippen molar-refractivity contribution in [3.63, 3.8) is 0 Å². The second-order valence-corrected chi connectivity index (χ2v) is 5.38. The van der Waals surface area contributed by atoms with Crippen LogP contribution in [0, 0.1) is 5.92 Å². The van der Waals surface area contributed by atoms with Crippen molar-refractivity contribution in [3.05, 3.63) is 0 Å². The normalized spacial score (nSPS) is 23.2.